The fourth-order valence-corrected chi connectivity index (χ4v) is 1.42. The van der Waals surface area contributed by atoms with Gasteiger partial charge in [0, 0.05) is 5.41 Å². The van der Waals surface area contributed by atoms with E-state index in [0.717, 1.165) is 0 Å². The summed E-state index contributed by atoms with van der Waals surface area (Å²) in [6.07, 6.45) is -0.114. The van der Waals surface area contributed by atoms with Crippen LogP contribution in [-0.2, 0) is 9.59 Å². The standard InChI is InChI=1S/C7H11BrO3/c1-7(2,3-6(10)11)5(9)4-8/h3-4H2,1-2H3,(H,10,11). The molecular formula is C7H11BrO3. The van der Waals surface area contributed by atoms with Crippen molar-refractivity contribution in [3.8, 4) is 0 Å². The Kier molecular flexibility index (Phi) is 3.72. The molecule has 0 rings (SSSR count). The Bertz CT molecular complexity index is 175. The van der Waals surface area contributed by atoms with Gasteiger partial charge >= 0.3 is 5.97 Å². The van der Waals surface area contributed by atoms with Crippen molar-refractivity contribution in [3.63, 3.8) is 0 Å². The van der Waals surface area contributed by atoms with Gasteiger partial charge in [-0.15, -0.1) is 0 Å². The number of ketones is 1. The number of aliphatic carboxylic acids is 1. The van der Waals surface area contributed by atoms with E-state index in [1.54, 1.807) is 13.8 Å². The highest BCUT2D eigenvalue weighted by Crippen LogP contribution is 2.22. The van der Waals surface area contributed by atoms with Crippen molar-refractivity contribution in [1.29, 1.82) is 0 Å². The van der Waals surface area contributed by atoms with Gasteiger partial charge in [0.2, 0.25) is 0 Å². The molecular weight excluding hydrogens is 212 g/mol. The summed E-state index contributed by atoms with van der Waals surface area (Å²) < 4.78 is 0. The number of hydrogen-bond donors (Lipinski definition) is 1. The largest absolute Gasteiger partial charge is 0.481 e. The van der Waals surface area contributed by atoms with Crippen molar-refractivity contribution in [1.82, 2.24) is 0 Å². The van der Waals surface area contributed by atoms with Gasteiger partial charge in [-0.3, -0.25) is 9.59 Å². The Balaban J connectivity index is 4.21. The lowest BCUT2D eigenvalue weighted by atomic mass is 9.85. The van der Waals surface area contributed by atoms with E-state index < -0.39 is 11.4 Å². The van der Waals surface area contributed by atoms with E-state index in [-0.39, 0.29) is 17.5 Å². The molecule has 0 saturated heterocycles. The molecule has 0 aliphatic rings. The maximum absolute atomic E-state index is 11.1. The highest BCUT2D eigenvalue weighted by molar-refractivity contribution is 9.09. The molecule has 3 nitrogen and oxygen atoms in total. The fraction of sp³-hybridized carbons (Fsp3) is 0.714. The third-order valence-electron chi connectivity index (χ3n) is 1.47. The molecule has 0 fully saturated rings. The average molecular weight is 223 g/mol. The number of carboxylic acid groups (broad SMARTS) is 1. The molecule has 0 aromatic heterocycles. The van der Waals surface area contributed by atoms with Crippen LogP contribution in [0.3, 0.4) is 0 Å². The summed E-state index contributed by atoms with van der Waals surface area (Å²) in [5.41, 5.74) is -0.755. The quantitative estimate of drug-likeness (QED) is 0.734. The molecule has 0 heterocycles. The van der Waals surface area contributed by atoms with Crippen LogP contribution in [0, 0.1) is 5.41 Å². The fourth-order valence-electron chi connectivity index (χ4n) is 0.658. The molecule has 1 N–H and O–H groups in total. The highest BCUT2D eigenvalue weighted by atomic mass is 79.9. The van der Waals surface area contributed by atoms with Crippen molar-refractivity contribution in [2.24, 2.45) is 5.41 Å². The van der Waals surface area contributed by atoms with E-state index in [4.69, 9.17) is 5.11 Å². The van der Waals surface area contributed by atoms with Gasteiger partial charge in [0.25, 0.3) is 0 Å². The summed E-state index contributed by atoms with van der Waals surface area (Å²) in [7, 11) is 0. The molecule has 0 aromatic carbocycles. The number of carboxylic acids is 1. The van der Waals surface area contributed by atoms with Gasteiger partial charge in [0.05, 0.1) is 11.8 Å². The van der Waals surface area contributed by atoms with E-state index in [1.807, 2.05) is 0 Å². The number of hydrogen-bond acceptors (Lipinski definition) is 2. The molecule has 0 aromatic rings. The lowest BCUT2D eigenvalue weighted by Gasteiger charge is -2.18. The minimum absolute atomic E-state index is 0.0834. The number of halogens is 1. The van der Waals surface area contributed by atoms with Crippen LogP contribution in [0.25, 0.3) is 0 Å². The molecule has 11 heavy (non-hydrogen) atoms. The maximum Gasteiger partial charge on any atom is 0.304 e. The van der Waals surface area contributed by atoms with Crippen LogP contribution in [-0.4, -0.2) is 22.2 Å². The van der Waals surface area contributed by atoms with Crippen molar-refractivity contribution < 1.29 is 14.7 Å². The van der Waals surface area contributed by atoms with E-state index in [2.05, 4.69) is 15.9 Å². The first-order valence-corrected chi connectivity index (χ1v) is 4.33. The van der Waals surface area contributed by atoms with Crippen LogP contribution in [0.1, 0.15) is 20.3 Å². The molecule has 0 saturated carbocycles. The maximum atomic E-state index is 11.1. The second kappa shape index (κ2) is 3.85. The average Bonchev–Trinajstić information content (AvgIpc) is 1.83. The van der Waals surface area contributed by atoms with Crippen LogP contribution in [0.2, 0.25) is 0 Å². The Hall–Kier alpha value is -0.380. The topological polar surface area (TPSA) is 54.4 Å². The zero-order valence-electron chi connectivity index (χ0n) is 6.56. The van der Waals surface area contributed by atoms with Gasteiger partial charge in [0.15, 0.2) is 0 Å². The molecule has 0 amide bonds. The van der Waals surface area contributed by atoms with Gasteiger partial charge in [-0.25, -0.2) is 0 Å². The van der Waals surface area contributed by atoms with Gasteiger partial charge in [-0.1, -0.05) is 29.8 Å². The van der Waals surface area contributed by atoms with Crippen molar-refractivity contribution in [3.05, 3.63) is 0 Å². The predicted octanol–water partition coefficient (Wildman–Crippen LogP) is 1.45. The Morgan fingerprint density at radius 1 is 1.45 bits per heavy atom. The zero-order chi connectivity index (χ0) is 9.07. The van der Waals surface area contributed by atoms with Crippen LogP contribution in [0.4, 0.5) is 0 Å². The van der Waals surface area contributed by atoms with E-state index in [1.165, 1.54) is 0 Å². The van der Waals surface area contributed by atoms with Crippen LogP contribution in [0.15, 0.2) is 0 Å². The molecule has 0 aliphatic heterocycles. The molecule has 64 valence electrons. The molecule has 0 bridgehead atoms. The van der Waals surface area contributed by atoms with Crippen LogP contribution >= 0.6 is 15.9 Å². The van der Waals surface area contributed by atoms with Crippen LogP contribution in [0.5, 0.6) is 0 Å². The van der Waals surface area contributed by atoms with Gasteiger partial charge in [-0.05, 0) is 0 Å². The number of carbonyl (C=O) groups is 2. The third-order valence-corrected chi connectivity index (χ3v) is 1.98. The van der Waals surface area contributed by atoms with E-state index in [0.29, 0.717) is 0 Å². The summed E-state index contributed by atoms with van der Waals surface area (Å²) >= 11 is 3.00. The highest BCUT2D eigenvalue weighted by Gasteiger charge is 2.28. The Labute approximate surface area is 73.9 Å². The molecule has 0 unspecified atom stereocenters. The SMILES string of the molecule is CC(C)(CC(=O)O)C(=O)CBr. The lowest BCUT2D eigenvalue weighted by Crippen LogP contribution is -2.28. The summed E-state index contributed by atoms with van der Waals surface area (Å²) in [6, 6.07) is 0. The van der Waals surface area contributed by atoms with Crippen molar-refractivity contribution in [2.45, 2.75) is 20.3 Å². The second-order valence-electron chi connectivity index (χ2n) is 3.01. The smallest absolute Gasteiger partial charge is 0.304 e. The number of Topliss-reactive ketones (excluding diaryl/α,β-unsaturated/α-hetero) is 1. The van der Waals surface area contributed by atoms with Crippen LogP contribution < -0.4 is 0 Å². The Morgan fingerprint density at radius 2 is 1.91 bits per heavy atom. The normalized spacial score (nSPS) is 11.2. The summed E-state index contributed by atoms with van der Waals surface area (Å²) in [5, 5.41) is 8.64. The first-order valence-electron chi connectivity index (χ1n) is 3.21. The molecule has 0 atom stereocenters. The first-order chi connectivity index (χ1) is 4.90. The minimum Gasteiger partial charge on any atom is -0.481 e. The number of alkyl halides is 1. The summed E-state index contributed by atoms with van der Waals surface area (Å²) in [6.45, 7) is 3.26. The first kappa shape index (κ1) is 10.6. The molecule has 4 heteroatoms. The monoisotopic (exact) mass is 222 g/mol. The van der Waals surface area contributed by atoms with Gasteiger partial charge < -0.3 is 5.11 Å². The summed E-state index contributed by atoms with van der Waals surface area (Å²) in [5.74, 6) is -1.02. The van der Waals surface area contributed by atoms with E-state index in [9.17, 15) is 9.59 Å². The Morgan fingerprint density at radius 3 is 2.18 bits per heavy atom. The van der Waals surface area contributed by atoms with Crippen molar-refractivity contribution >= 4 is 27.7 Å². The summed E-state index contributed by atoms with van der Waals surface area (Å²) in [4.78, 5) is 21.3. The van der Waals surface area contributed by atoms with Crippen molar-refractivity contribution in [2.75, 3.05) is 5.33 Å². The minimum atomic E-state index is -0.940. The zero-order valence-corrected chi connectivity index (χ0v) is 8.14. The van der Waals surface area contributed by atoms with E-state index >= 15 is 0 Å². The molecule has 0 aliphatic carbocycles. The lowest BCUT2D eigenvalue weighted by molar-refractivity contribution is -0.142. The molecule has 0 spiro atoms. The number of carbonyl (C=O) groups excluding carboxylic acids is 1. The number of rotatable bonds is 4. The molecule has 0 radical (unpaired) electrons. The van der Waals surface area contributed by atoms with Gasteiger partial charge in [-0.2, -0.15) is 0 Å². The van der Waals surface area contributed by atoms with Gasteiger partial charge in [0.1, 0.15) is 5.78 Å². The predicted molar refractivity (Wildman–Crippen MR) is 44.8 cm³/mol. The third kappa shape index (κ3) is 3.51. The second-order valence-corrected chi connectivity index (χ2v) is 3.57.